The zero-order chi connectivity index (χ0) is 40.3. The van der Waals surface area contributed by atoms with E-state index >= 15 is 0 Å². The molecule has 0 aromatic heterocycles. The molecule has 12 aromatic carbocycles. The fourth-order valence-electron chi connectivity index (χ4n) is 9.70. The molecule has 0 fully saturated rings. The monoisotopic (exact) mass is 773 g/mol. The van der Waals surface area contributed by atoms with Crippen molar-refractivity contribution in [1.82, 2.24) is 0 Å². The molecule has 1 nitrogen and oxygen atoms in total. The number of nitrogens with zero attached hydrogens (tertiary/aromatic N) is 1. The number of fused-ring (bicyclic) bond motifs is 12. The second-order valence-corrected chi connectivity index (χ2v) is 16.1. The molecule has 0 aliphatic carbocycles. The van der Waals surface area contributed by atoms with Crippen LogP contribution in [0.2, 0.25) is 0 Å². The minimum atomic E-state index is 1.10. The van der Waals surface area contributed by atoms with Gasteiger partial charge in [0.1, 0.15) is 0 Å². The summed E-state index contributed by atoms with van der Waals surface area (Å²) in [5.41, 5.74) is 10.4. The fourth-order valence-corrected chi connectivity index (χ4v) is 9.70. The molecule has 0 heterocycles. The lowest BCUT2D eigenvalue weighted by Gasteiger charge is -2.27. The summed E-state index contributed by atoms with van der Waals surface area (Å²) in [5, 5.41) is 15.4. The van der Waals surface area contributed by atoms with Crippen molar-refractivity contribution in [2.24, 2.45) is 0 Å². The van der Waals surface area contributed by atoms with Crippen molar-refractivity contribution in [3.8, 4) is 33.4 Å². The average molecular weight is 774 g/mol. The lowest BCUT2D eigenvalue weighted by Crippen LogP contribution is -2.10. The van der Waals surface area contributed by atoms with Gasteiger partial charge in [0.15, 0.2) is 0 Å². The molecule has 0 spiro atoms. The van der Waals surface area contributed by atoms with E-state index < -0.39 is 0 Å². The normalized spacial score (nSPS) is 11.6. The maximum Gasteiger partial charge on any atom is 0.0467 e. The number of hydrogen-bond acceptors (Lipinski definition) is 1. The molecule has 0 N–H and O–H groups in total. The lowest BCUT2D eigenvalue weighted by molar-refractivity contribution is 1.28. The Labute approximate surface area is 355 Å². The molecule has 1 heteroatoms. The SMILES string of the molecule is c1ccc(-c2ccc(N(c3cccc(-c4ccc5c6ccccc6c6ccccc6c5c4)c3)c3cccc(-c4ccc5c6ccccc6c6ccccc6c5c4)c3)cc2)cc1. The second-order valence-electron chi connectivity index (χ2n) is 16.1. The fraction of sp³-hybridized carbons (Fsp3) is 0. The average Bonchev–Trinajstić information content (AvgIpc) is 3.34. The van der Waals surface area contributed by atoms with Gasteiger partial charge in [0.05, 0.1) is 0 Å². The van der Waals surface area contributed by atoms with Crippen LogP contribution >= 0.6 is 0 Å². The Bertz CT molecular complexity index is 3370. The molecule has 0 atom stereocenters. The molecule has 0 saturated heterocycles. The number of anilines is 3. The Balaban J connectivity index is 1.01. The lowest BCUT2D eigenvalue weighted by atomic mass is 9.92. The minimum Gasteiger partial charge on any atom is -0.310 e. The van der Waals surface area contributed by atoms with E-state index in [4.69, 9.17) is 0 Å². The molecule has 61 heavy (non-hydrogen) atoms. The van der Waals surface area contributed by atoms with Crippen molar-refractivity contribution in [1.29, 1.82) is 0 Å². The molecular weight excluding hydrogens is 735 g/mol. The summed E-state index contributed by atoms with van der Waals surface area (Å²) < 4.78 is 0. The van der Waals surface area contributed by atoms with Crippen LogP contribution in [0.4, 0.5) is 17.1 Å². The van der Waals surface area contributed by atoms with E-state index in [1.54, 1.807) is 0 Å². The topological polar surface area (TPSA) is 3.24 Å². The Morgan fingerprint density at radius 2 is 0.459 bits per heavy atom. The Morgan fingerprint density at radius 3 is 0.869 bits per heavy atom. The van der Waals surface area contributed by atoms with E-state index in [2.05, 4.69) is 241 Å². The Morgan fingerprint density at radius 1 is 0.164 bits per heavy atom. The molecule has 0 radical (unpaired) electrons. The zero-order valence-corrected chi connectivity index (χ0v) is 33.5. The minimum absolute atomic E-state index is 1.10. The summed E-state index contributed by atoms with van der Waals surface area (Å²) in [7, 11) is 0. The van der Waals surface area contributed by atoms with Crippen molar-refractivity contribution < 1.29 is 0 Å². The third-order valence-corrected chi connectivity index (χ3v) is 12.6. The third-order valence-electron chi connectivity index (χ3n) is 12.6. The summed E-state index contributed by atoms with van der Waals surface area (Å²) in [5.74, 6) is 0. The first kappa shape index (κ1) is 35.0. The van der Waals surface area contributed by atoms with Gasteiger partial charge in [0.2, 0.25) is 0 Å². The summed E-state index contributed by atoms with van der Waals surface area (Å²) in [6.07, 6.45) is 0. The summed E-state index contributed by atoms with van der Waals surface area (Å²) in [6, 6.07) is 86.8. The highest BCUT2D eigenvalue weighted by atomic mass is 15.1. The third kappa shape index (κ3) is 5.93. The van der Waals surface area contributed by atoms with Crippen molar-refractivity contribution in [3.05, 3.63) is 237 Å². The molecule has 0 aliphatic heterocycles. The van der Waals surface area contributed by atoms with E-state index in [0.717, 1.165) is 17.1 Å². The first-order chi connectivity index (χ1) is 30.2. The van der Waals surface area contributed by atoms with Crippen molar-refractivity contribution in [3.63, 3.8) is 0 Å². The van der Waals surface area contributed by atoms with Crippen molar-refractivity contribution >= 4 is 81.7 Å². The van der Waals surface area contributed by atoms with Crippen LogP contribution in [-0.2, 0) is 0 Å². The first-order valence-corrected chi connectivity index (χ1v) is 21.1. The van der Waals surface area contributed by atoms with Crippen LogP contribution in [0.1, 0.15) is 0 Å². The largest absolute Gasteiger partial charge is 0.310 e. The van der Waals surface area contributed by atoms with Crippen LogP contribution in [-0.4, -0.2) is 0 Å². The highest BCUT2D eigenvalue weighted by Gasteiger charge is 2.17. The van der Waals surface area contributed by atoms with Gasteiger partial charge >= 0.3 is 0 Å². The van der Waals surface area contributed by atoms with E-state index in [-0.39, 0.29) is 0 Å². The first-order valence-electron chi connectivity index (χ1n) is 21.1. The smallest absolute Gasteiger partial charge is 0.0467 e. The Hall–Kier alpha value is -8.00. The van der Waals surface area contributed by atoms with Gasteiger partial charge in [0.25, 0.3) is 0 Å². The van der Waals surface area contributed by atoms with Crippen molar-refractivity contribution in [2.75, 3.05) is 4.90 Å². The summed E-state index contributed by atoms with van der Waals surface area (Å²) in [6.45, 7) is 0. The predicted molar refractivity (Wildman–Crippen MR) is 262 cm³/mol. The van der Waals surface area contributed by atoms with Gasteiger partial charge in [-0.2, -0.15) is 0 Å². The standard InChI is InChI=1S/C60H39N/c1-2-14-40(15-3-1)41-28-32-46(33-29-41)61(47-18-12-16-42(36-47)44-30-34-57-53-24-6-4-20-49(53)51-22-8-10-26-55(51)59(57)38-44)48-19-13-17-43(37-48)45-31-35-58-54-25-7-5-21-50(54)52-23-9-11-27-56(52)60(58)39-45/h1-39H. The predicted octanol–water partition coefficient (Wildman–Crippen LogP) is 17.1. The zero-order valence-electron chi connectivity index (χ0n) is 33.5. The molecule has 12 aromatic rings. The quantitative estimate of drug-likeness (QED) is 0.152. The summed E-state index contributed by atoms with van der Waals surface area (Å²) >= 11 is 0. The van der Waals surface area contributed by atoms with Gasteiger partial charge in [-0.1, -0.05) is 188 Å². The van der Waals surface area contributed by atoms with Crippen LogP contribution in [0.5, 0.6) is 0 Å². The highest BCUT2D eigenvalue weighted by molar-refractivity contribution is 6.27. The van der Waals surface area contributed by atoms with Crippen LogP contribution in [0.3, 0.4) is 0 Å². The van der Waals surface area contributed by atoms with Gasteiger partial charge in [-0.3, -0.25) is 0 Å². The van der Waals surface area contributed by atoms with E-state index in [1.165, 1.54) is 98.0 Å². The summed E-state index contributed by atoms with van der Waals surface area (Å²) in [4.78, 5) is 2.40. The Kier molecular flexibility index (Phi) is 8.25. The number of rotatable bonds is 6. The molecular formula is C60H39N. The molecule has 0 saturated carbocycles. The van der Waals surface area contributed by atoms with Crippen LogP contribution in [0.25, 0.3) is 98.0 Å². The van der Waals surface area contributed by atoms with E-state index in [9.17, 15) is 0 Å². The number of benzene rings is 12. The molecule has 284 valence electrons. The highest BCUT2D eigenvalue weighted by Crippen LogP contribution is 2.42. The molecule has 0 aliphatic rings. The molecule has 12 rings (SSSR count). The van der Waals surface area contributed by atoms with Gasteiger partial charge in [0, 0.05) is 17.1 Å². The van der Waals surface area contributed by atoms with Crippen molar-refractivity contribution in [2.45, 2.75) is 0 Å². The maximum atomic E-state index is 2.40. The maximum absolute atomic E-state index is 2.40. The van der Waals surface area contributed by atoms with Crippen LogP contribution in [0.15, 0.2) is 237 Å². The van der Waals surface area contributed by atoms with Gasteiger partial charge in [-0.05, 0) is 147 Å². The van der Waals surface area contributed by atoms with Crippen LogP contribution in [0, 0.1) is 0 Å². The van der Waals surface area contributed by atoms with Gasteiger partial charge in [-0.15, -0.1) is 0 Å². The molecule has 0 unspecified atom stereocenters. The van der Waals surface area contributed by atoms with E-state index in [0.29, 0.717) is 0 Å². The van der Waals surface area contributed by atoms with Gasteiger partial charge < -0.3 is 4.90 Å². The van der Waals surface area contributed by atoms with Crippen LogP contribution < -0.4 is 4.90 Å². The molecule has 0 bridgehead atoms. The number of hydrogen-bond donors (Lipinski definition) is 0. The molecule has 0 amide bonds. The van der Waals surface area contributed by atoms with E-state index in [1.807, 2.05) is 0 Å². The second kappa shape index (κ2) is 14.4. The van der Waals surface area contributed by atoms with Gasteiger partial charge in [-0.25, -0.2) is 0 Å².